The smallest absolute Gasteiger partial charge is 0.306 e. The van der Waals surface area contributed by atoms with Crippen LogP contribution in [-0.4, -0.2) is 37.2 Å². The molecule has 0 aromatic rings. The molecule has 0 aliphatic carbocycles. The van der Waals surface area contributed by atoms with Crippen LogP contribution in [0.15, 0.2) is 122 Å². The van der Waals surface area contributed by atoms with Gasteiger partial charge in [0, 0.05) is 19.3 Å². The lowest BCUT2D eigenvalue weighted by Crippen LogP contribution is -2.30. The molecule has 0 radical (unpaired) electrons. The maximum absolute atomic E-state index is 12.8. The first-order chi connectivity index (χ1) is 34.0. The van der Waals surface area contributed by atoms with Gasteiger partial charge in [0.25, 0.3) is 0 Å². The Kier molecular flexibility index (Phi) is 53.0. The minimum Gasteiger partial charge on any atom is -0.462 e. The van der Waals surface area contributed by atoms with Gasteiger partial charge >= 0.3 is 17.9 Å². The molecule has 6 heteroatoms. The highest BCUT2D eigenvalue weighted by Crippen LogP contribution is 2.12. The topological polar surface area (TPSA) is 78.9 Å². The molecule has 0 bridgehead atoms. The summed E-state index contributed by atoms with van der Waals surface area (Å²) in [5.74, 6) is -1.01. The predicted octanol–water partition coefficient (Wildman–Crippen LogP) is 18.9. The summed E-state index contributed by atoms with van der Waals surface area (Å²) in [6.45, 7) is 6.46. The lowest BCUT2D eigenvalue weighted by atomic mass is 10.1. The standard InChI is InChI=1S/C63H102O6/c1-4-7-10-13-16-19-22-25-28-30-31-33-35-38-41-44-47-50-53-56-62(65)68-59-60(58-67-61(64)55-52-49-46-43-40-37-34-27-24-21-18-15-12-9-6-3)69-63(66)57-54-51-48-45-42-39-36-32-29-26-23-20-17-14-11-8-5-2/h16-21,25-29,31,33-34,36,38-41,43,60H,4-15,22-24,30,32,35,37,42,44-59H2,1-3H3/b19-16-,20-17-,21-18-,28-25-,29-26-,33-31-,34-27-,39-36-,41-38-,43-40-/t60-/m0/s1. The van der Waals surface area contributed by atoms with Crippen LogP contribution in [0.4, 0.5) is 0 Å². The van der Waals surface area contributed by atoms with Crippen molar-refractivity contribution in [1.82, 2.24) is 0 Å². The molecule has 0 amide bonds. The quantitative estimate of drug-likeness (QED) is 0.0262. The molecule has 0 aromatic carbocycles. The van der Waals surface area contributed by atoms with Gasteiger partial charge in [0.05, 0.1) is 0 Å². The van der Waals surface area contributed by atoms with Crippen LogP contribution in [0.25, 0.3) is 0 Å². The van der Waals surface area contributed by atoms with Gasteiger partial charge < -0.3 is 14.2 Å². The Morgan fingerprint density at radius 2 is 0.522 bits per heavy atom. The number of unbranched alkanes of at least 4 members (excludes halogenated alkanes) is 18. The average Bonchev–Trinajstić information content (AvgIpc) is 3.35. The fraction of sp³-hybridized carbons (Fsp3) is 0.635. The first-order valence-corrected chi connectivity index (χ1v) is 28.0. The molecule has 0 saturated heterocycles. The number of hydrogen-bond acceptors (Lipinski definition) is 6. The molecule has 0 spiro atoms. The Bertz CT molecular complexity index is 1470. The zero-order valence-electron chi connectivity index (χ0n) is 44.5. The van der Waals surface area contributed by atoms with Gasteiger partial charge in [-0.3, -0.25) is 14.4 Å². The van der Waals surface area contributed by atoms with Crippen molar-refractivity contribution in [3.05, 3.63) is 122 Å². The van der Waals surface area contributed by atoms with E-state index in [2.05, 4.69) is 142 Å². The molecule has 0 N–H and O–H groups in total. The van der Waals surface area contributed by atoms with Crippen LogP contribution < -0.4 is 0 Å². The maximum atomic E-state index is 12.8. The summed E-state index contributed by atoms with van der Waals surface area (Å²) in [6, 6.07) is 0. The summed E-state index contributed by atoms with van der Waals surface area (Å²) in [7, 11) is 0. The van der Waals surface area contributed by atoms with E-state index in [1.807, 2.05) is 0 Å². The van der Waals surface area contributed by atoms with E-state index in [-0.39, 0.29) is 37.5 Å². The molecular weight excluding hydrogens is 853 g/mol. The second-order valence-corrected chi connectivity index (χ2v) is 18.1. The van der Waals surface area contributed by atoms with Crippen molar-refractivity contribution in [3.8, 4) is 0 Å². The van der Waals surface area contributed by atoms with E-state index in [4.69, 9.17) is 14.2 Å². The molecular formula is C63H102O6. The lowest BCUT2D eigenvalue weighted by molar-refractivity contribution is -0.167. The van der Waals surface area contributed by atoms with Gasteiger partial charge in [0.1, 0.15) is 13.2 Å². The molecule has 0 aliphatic heterocycles. The van der Waals surface area contributed by atoms with Gasteiger partial charge in [-0.05, 0) is 141 Å². The Morgan fingerprint density at radius 3 is 0.841 bits per heavy atom. The van der Waals surface area contributed by atoms with Crippen LogP contribution in [0.2, 0.25) is 0 Å². The Labute approximate surface area is 424 Å². The zero-order chi connectivity index (χ0) is 50.0. The first-order valence-electron chi connectivity index (χ1n) is 28.0. The fourth-order valence-corrected chi connectivity index (χ4v) is 7.14. The lowest BCUT2D eigenvalue weighted by Gasteiger charge is -2.18. The largest absolute Gasteiger partial charge is 0.462 e. The van der Waals surface area contributed by atoms with E-state index >= 15 is 0 Å². The monoisotopic (exact) mass is 955 g/mol. The van der Waals surface area contributed by atoms with Crippen molar-refractivity contribution in [2.45, 2.75) is 245 Å². The van der Waals surface area contributed by atoms with E-state index in [9.17, 15) is 14.4 Å². The summed E-state index contributed by atoms with van der Waals surface area (Å²) < 4.78 is 16.8. The van der Waals surface area contributed by atoms with Gasteiger partial charge in [-0.1, -0.05) is 200 Å². The third kappa shape index (κ3) is 54.6. The fourth-order valence-electron chi connectivity index (χ4n) is 7.14. The molecule has 69 heavy (non-hydrogen) atoms. The number of allylic oxidation sites excluding steroid dienone is 20. The van der Waals surface area contributed by atoms with Crippen molar-refractivity contribution >= 4 is 17.9 Å². The summed E-state index contributed by atoms with van der Waals surface area (Å²) in [4.78, 5) is 38.1. The van der Waals surface area contributed by atoms with Crippen molar-refractivity contribution < 1.29 is 28.6 Å². The predicted molar refractivity (Wildman–Crippen MR) is 297 cm³/mol. The number of esters is 3. The van der Waals surface area contributed by atoms with Crippen molar-refractivity contribution in [3.63, 3.8) is 0 Å². The van der Waals surface area contributed by atoms with Crippen molar-refractivity contribution in [2.75, 3.05) is 13.2 Å². The summed E-state index contributed by atoms with van der Waals surface area (Å²) in [6.07, 6.45) is 77.5. The van der Waals surface area contributed by atoms with E-state index in [0.717, 1.165) is 116 Å². The minimum atomic E-state index is -0.823. The van der Waals surface area contributed by atoms with Crippen LogP contribution in [0, 0.1) is 0 Å². The van der Waals surface area contributed by atoms with Crippen molar-refractivity contribution in [1.29, 1.82) is 0 Å². The molecule has 1 atom stereocenters. The molecule has 0 aromatic heterocycles. The third-order valence-corrected chi connectivity index (χ3v) is 11.4. The highest BCUT2D eigenvalue weighted by Gasteiger charge is 2.19. The molecule has 0 heterocycles. The molecule has 0 fully saturated rings. The molecule has 0 unspecified atom stereocenters. The Hall–Kier alpha value is -4.19. The summed E-state index contributed by atoms with van der Waals surface area (Å²) in [5.41, 5.74) is 0. The van der Waals surface area contributed by atoms with Crippen LogP contribution in [-0.2, 0) is 28.6 Å². The van der Waals surface area contributed by atoms with Gasteiger partial charge in [-0.25, -0.2) is 0 Å². The molecule has 6 nitrogen and oxygen atoms in total. The molecule has 0 aliphatic rings. The summed E-state index contributed by atoms with van der Waals surface area (Å²) in [5, 5.41) is 0. The van der Waals surface area contributed by atoms with E-state index in [1.54, 1.807) is 0 Å². The highest BCUT2D eigenvalue weighted by molar-refractivity contribution is 5.71. The van der Waals surface area contributed by atoms with E-state index in [0.29, 0.717) is 19.3 Å². The van der Waals surface area contributed by atoms with E-state index < -0.39 is 6.10 Å². The van der Waals surface area contributed by atoms with Gasteiger partial charge in [-0.15, -0.1) is 0 Å². The minimum absolute atomic E-state index is 0.119. The molecule has 0 rings (SSSR count). The van der Waals surface area contributed by atoms with E-state index in [1.165, 1.54) is 77.0 Å². The molecule has 390 valence electrons. The van der Waals surface area contributed by atoms with Crippen LogP contribution in [0.1, 0.15) is 239 Å². The number of rotatable bonds is 49. The highest BCUT2D eigenvalue weighted by atomic mass is 16.6. The Balaban J connectivity index is 4.57. The zero-order valence-corrected chi connectivity index (χ0v) is 44.5. The number of carbonyl (C=O) groups excluding carboxylic acids is 3. The number of ether oxygens (including phenoxy) is 3. The second-order valence-electron chi connectivity index (χ2n) is 18.1. The average molecular weight is 956 g/mol. The van der Waals surface area contributed by atoms with Gasteiger partial charge in [-0.2, -0.15) is 0 Å². The Morgan fingerprint density at radius 1 is 0.290 bits per heavy atom. The van der Waals surface area contributed by atoms with Gasteiger partial charge in [0.15, 0.2) is 6.10 Å². The molecule has 0 saturated carbocycles. The third-order valence-electron chi connectivity index (χ3n) is 11.4. The SMILES string of the molecule is CCCCC/C=C\C/C=C\C/C=C\C/C=C\CCCCCC(=O)OC[C@H](COC(=O)CCCC/C=C\C/C=C\C/C=C\CCCCC)OC(=O)CCCCCC/C=C\C/C=C\C/C=C\CCCCC. The second kappa shape index (κ2) is 56.4. The summed E-state index contributed by atoms with van der Waals surface area (Å²) >= 11 is 0. The normalized spacial score (nSPS) is 13.0. The maximum Gasteiger partial charge on any atom is 0.306 e. The van der Waals surface area contributed by atoms with Crippen LogP contribution in [0.5, 0.6) is 0 Å². The first kappa shape index (κ1) is 64.8. The number of hydrogen-bond donors (Lipinski definition) is 0. The van der Waals surface area contributed by atoms with Crippen LogP contribution in [0.3, 0.4) is 0 Å². The number of carbonyl (C=O) groups is 3. The van der Waals surface area contributed by atoms with Crippen molar-refractivity contribution in [2.24, 2.45) is 0 Å². The van der Waals surface area contributed by atoms with Crippen LogP contribution >= 0.6 is 0 Å². The van der Waals surface area contributed by atoms with Gasteiger partial charge in [0.2, 0.25) is 0 Å².